The minimum atomic E-state index is 0.718. The van der Waals surface area contributed by atoms with Crippen LogP contribution in [0.15, 0.2) is 139 Å². The summed E-state index contributed by atoms with van der Waals surface area (Å²) >= 11 is 0. The molecule has 4 rings (SSSR count). The van der Waals surface area contributed by atoms with E-state index in [1.54, 1.807) is 6.08 Å². The van der Waals surface area contributed by atoms with Gasteiger partial charge in [0.2, 0.25) is 0 Å². The number of para-hydroxylation sites is 1. The third-order valence-electron chi connectivity index (χ3n) is 6.59. The summed E-state index contributed by atoms with van der Waals surface area (Å²) in [6, 6.07) is 36.3. The van der Waals surface area contributed by atoms with Crippen LogP contribution < -0.4 is 10.2 Å². The second-order valence-corrected chi connectivity index (χ2v) is 9.89. The van der Waals surface area contributed by atoms with Gasteiger partial charge in [0.25, 0.3) is 0 Å². The Bertz CT molecular complexity index is 1550. The zero-order valence-electron chi connectivity index (χ0n) is 23.1. The maximum atomic E-state index is 5.32. The quantitative estimate of drug-likeness (QED) is 0.123. The van der Waals surface area contributed by atoms with Crippen molar-refractivity contribution in [1.82, 2.24) is 5.32 Å². The van der Waals surface area contributed by atoms with E-state index in [1.807, 2.05) is 25.3 Å². The molecule has 3 heteroatoms. The van der Waals surface area contributed by atoms with Crippen molar-refractivity contribution in [3.63, 3.8) is 0 Å². The van der Waals surface area contributed by atoms with Crippen molar-refractivity contribution in [2.24, 2.45) is 0 Å². The van der Waals surface area contributed by atoms with Crippen LogP contribution in [-0.4, -0.2) is 13.6 Å². The van der Waals surface area contributed by atoms with Crippen molar-refractivity contribution in [3.05, 3.63) is 156 Å². The lowest BCUT2D eigenvalue weighted by molar-refractivity contribution is 1.03. The van der Waals surface area contributed by atoms with Gasteiger partial charge >= 0.3 is 0 Å². The van der Waals surface area contributed by atoms with Crippen molar-refractivity contribution in [2.75, 3.05) is 18.5 Å². The highest BCUT2D eigenvalue weighted by molar-refractivity contribution is 7.31. The molecule has 0 aliphatic rings. The molecule has 0 aliphatic carbocycles. The fourth-order valence-corrected chi connectivity index (χ4v) is 4.94. The average Bonchev–Trinajstić information content (AvgIpc) is 3.00. The van der Waals surface area contributed by atoms with Gasteiger partial charge < -0.3 is 10.2 Å². The lowest BCUT2D eigenvalue weighted by Crippen LogP contribution is -2.17. The zero-order valence-corrected chi connectivity index (χ0v) is 24.2. The maximum absolute atomic E-state index is 5.32. The van der Waals surface area contributed by atoms with Crippen LogP contribution in [0.3, 0.4) is 0 Å². The number of nitrogens with one attached hydrogen (secondary N) is 1. The molecule has 1 atom stereocenters. The second-order valence-electron chi connectivity index (χ2n) is 9.31. The molecule has 0 heterocycles. The van der Waals surface area contributed by atoms with Crippen LogP contribution in [0.5, 0.6) is 0 Å². The van der Waals surface area contributed by atoms with Crippen LogP contribution in [0.25, 0.3) is 22.5 Å². The fraction of sp³-hybridized carbons (Fsp3) is 0.0811. The number of allylic oxidation sites excluding steroid dienone is 4. The van der Waals surface area contributed by atoms with E-state index in [2.05, 4.69) is 148 Å². The van der Waals surface area contributed by atoms with Crippen LogP contribution in [0.4, 0.5) is 11.4 Å². The molecule has 198 valence electrons. The number of rotatable bonds is 10. The van der Waals surface area contributed by atoms with E-state index in [9.17, 15) is 0 Å². The predicted octanol–water partition coefficient (Wildman–Crippen LogP) is 9.02. The Kier molecular flexibility index (Phi) is 10.3. The van der Waals surface area contributed by atoms with Crippen LogP contribution in [0.2, 0.25) is 0 Å². The average molecular weight is 539 g/mol. The van der Waals surface area contributed by atoms with Crippen LogP contribution in [0.1, 0.15) is 16.7 Å². The van der Waals surface area contributed by atoms with E-state index >= 15 is 0 Å². The number of likely N-dealkylation sites (N-methyl/N-ethyl adjacent to an activating group) is 1. The number of aryl methyl sites for hydroxylation is 1. The fourth-order valence-electron chi connectivity index (χ4n) is 4.43. The van der Waals surface area contributed by atoms with Gasteiger partial charge in [-0.1, -0.05) is 115 Å². The normalized spacial score (nSPS) is 12.1. The first kappa shape index (κ1) is 28.4. The minimum absolute atomic E-state index is 0.718. The summed E-state index contributed by atoms with van der Waals surface area (Å²) in [5.74, 6) is 2.52. The van der Waals surface area contributed by atoms with E-state index in [0.29, 0.717) is 0 Å². The lowest BCUT2D eigenvalue weighted by atomic mass is 10.0. The molecule has 0 saturated heterocycles. The standard InChI is InChI=1S/C37H35N2P/c1-4-5-6-8-14-32-15-11-12-18-35(32)37(40)36(38-3)19-13-28-39(33-16-9-7-10-17-33)34-26-24-31(25-27-34)30-22-20-29(2)21-23-30/h1,5-27,38H,28,40H2,2-3H3/b6-5-,14-8-,19-13-,37-36+. The SMILES string of the molecule is C#C/C=C\C=C/c1ccccc1/C(P)=C(/C=C\CN(c1ccccc1)c1ccc(-c2ccc(C)cc2)cc1)NC. The van der Waals surface area contributed by atoms with Gasteiger partial charge in [-0.15, -0.1) is 15.7 Å². The third-order valence-corrected chi connectivity index (χ3v) is 7.22. The van der Waals surface area contributed by atoms with Gasteiger partial charge in [0.15, 0.2) is 0 Å². The number of anilines is 2. The summed E-state index contributed by atoms with van der Waals surface area (Å²) in [5, 5.41) is 4.47. The van der Waals surface area contributed by atoms with Gasteiger partial charge in [0, 0.05) is 36.0 Å². The molecule has 0 saturated carbocycles. The predicted molar refractivity (Wildman–Crippen MR) is 178 cm³/mol. The molecular formula is C37H35N2P. The molecule has 2 nitrogen and oxygen atoms in total. The van der Waals surface area contributed by atoms with Gasteiger partial charge in [-0.2, -0.15) is 0 Å². The third kappa shape index (κ3) is 7.51. The first-order valence-corrected chi connectivity index (χ1v) is 13.9. The molecule has 0 spiro atoms. The van der Waals surface area contributed by atoms with Gasteiger partial charge in [-0.05, 0) is 65.6 Å². The summed E-state index contributed by atoms with van der Waals surface area (Å²) in [6.07, 6.45) is 17.3. The highest BCUT2D eigenvalue weighted by Gasteiger charge is 2.09. The Hall–Kier alpha value is -4.57. The number of hydrogen-bond acceptors (Lipinski definition) is 2. The Morgan fingerprint density at radius 1 is 0.825 bits per heavy atom. The smallest absolute Gasteiger partial charge is 0.0415 e. The first-order chi connectivity index (χ1) is 19.6. The van der Waals surface area contributed by atoms with E-state index < -0.39 is 0 Å². The van der Waals surface area contributed by atoms with Gasteiger partial charge in [0.1, 0.15) is 0 Å². The number of benzene rings is 4. The van der Waals surface area contributed by atoms with Crippen LogP contribution in [0, 0.1) is 19.3 Å². The van der Waals surface area contributed by atoms with E-state index in [-0.39, 0.29) is 0 Å². The van der Waals surface area contributed by atoms with E-state index in [0.717, 1.165) is 40.1 Å². The van der Waals surface area contributed by atoms with Gasteiger partial charge in [0.05, 0.1) is 0 Å². The van der Waals surface area contributed by atoms with Crippen molar-refractivity contribution >= 4 is 32.0 Å². The molecule has 0 aromatic heterocycles. The molecule has 0 fully saturated rings. The van der Waals surface area contributed by atoms with Crippen LogP contribution >= 0.6 is 9.24 Å². The molecular weight excluding hydrogens is 503 g/mol. The molecule has 1 unspecified atom stereocenters. The monoisotopic (exact) mass is 538 g/mol. The molecule has 0 aliphatic heterocycles. The maximum Gasteiger partial charge on any atom is 0.0415 e. The lowest BCUT2D eigenvalue weighted by Gasteiger charge is -2.24. The largest absolute Gasteiger partial charge is 0.388 e. The van der Waals surface area contributed by atoms with Crippen molar-refractivity contribution in [3.8, 4) is 23.5 Å². The molecule has 40 heavy (non-hydrogen) atoms. The topological polar surface area (TPSA) is 15.3 Å². The first-order valence-electron chi connectivity index (χ1n) is 13.3. The molecule has 1 N–H and O–H groups in total. The second kappa shape index (κ2) is 14.5. The van der Waals surface area contributed by atoms with E-state index in [4.69, 9.17) is 6.42 Å². The Morgan fingerprint density at radius 3 is 2.12 bits per heavy atom. The molecule has 4 aromatic rings. The van der Waals surface area contributed by atoms with Crippen molar-refractivity contribution in [1.29, 1.82) is 0 Å². The van der Waals surface area contributed by atoms with E-state index in [1.165, 1.54) is 16.7 Å². The van der Waals surface area contributed by atoms with Gasteiger partial charge in [-0.3, -0.25) is 0 Å². The minimum Gasteiger partial charge on any atom is -0.388 e. The molecule has 0 radical (unpaired) electrons. The van der Waals surface area contributed by atoms with Crippen molar-refractivity contribution in [2.45, 2.75) is 6.92 Å². The zero-order chi connectivity index (χ0) is 28.2. The van der Waals surface area contributed by atoms with Crippen molar-refractivity contribution < 1.29 is 0 Å². The number of nitrogens with zero attached hydrogens (tertiary/aromatic N) is 1. The van der Waals surface area contributed by atoms with Gasteiger partial charge in [-0.25, -0.2) is 0 Å². The molecule has 0 bridgehead atoms. The summed E-state index contributed by atoms with van der Waals surface area (Å²) in [5.41, 5.74) is 9.28. The molecule has 4 aromatic carbocycles. The highest BCUT2D eigenvalue weighted by atomic mass is 31.0. The number of hydrogen-bond donors (Lipinski definition) is 1. The summed E-state index contributed by atoms with van der Waals surface area (Å²) in [7, 11) is 4.86. The summed E-state index contributed by atoms with van der Waals surface area (Å²) < 4.78 is 0. The Balaban J connectivity index is 1.60. The van der Waals surface area contributed by atoms with Crippen LogP contribution in [-0.2, 0) is 0 Å². The Morgan fingerprint density at radius 2 is 1.45 bits per heavy atom. The summed E-state index contributed by atoms with van der Waals surface area (Å²) in [4.78, 5) is 2.32. The number of terminal acetylenes is 1. The Labute approximate surface area is 241 Å². The molecule has 0 amide bonds. The highest BCUT2D eigenvalue weighted by Crippen LogP contribution is 2.30. The summed E-state index contributed by atoms with van der Waals surface area (Å²) in [6.45, 7) is 2.83.